The van der Waals surface area contributed by atoms with Crippen molar-refractivity contribution < 1.29 is 14.3 Å². The lowest BCUT2D eigenvalue weighted by atomic mass is 9.98. The van der Waals surface area contributed by atoms with Crippen LogP contribution in [0, 0.1) is 0 Å². The molecule has 2 amide bonds. The van der Waals surface area contributed by atoms with E-state index in [1.165, 1.54) is 5.01 Å². The van der Waals surface area contributed by atoms with E-state index in [-0.39, 0.29) is 36.7 Å². The fourth-order valence-electron chi connectivity index (χ4n) is 3.36. The van der Waals surface area contributed by atoms with E-state index in [4.69, 9.17) is 4.74 Å². The summed E-state index contributed by atoms with van der Waals surface area (Å²) in [6.45, 7) is 3.80. The highest BCUT2D eigenvalue weighted by molar-refractivity contribution is 6.03. The molecule has 6 nitrogen and oxygen atoms in total. The first-order valence-electron chi connectivity index (χ1n) is 9.86. The molecule has 2 aromatic rings. The monoisotopic (exact) mass is 393 g/mol. The highest BCUT2D eigenvalue weighted by Crippen LogP contribution is 2.34. The summed E-state index contributed by atoms with van der Waals surface area (Å²) in [5.41, 5.74) is 2.85. The number of methoxy groups -OCH3 is 1. The summed E-state index contributed by atoms with van der Waals surface area (Å²) in [7, 11) is 1.62. The zero-order chi connectivity index (χ0) is 20.8. The van der Waals surface area contributed by atoms with E-state index in [9.17, 15) is 9.59 Å². The van der Waals surface area contributed by atoms with Crippen LogP contribution in [0.4, 0.5) is 0 Å². The van der Waals surface area contributed by atoms with Crippen LogP contribution in [0.3, 0.4) is 0 Å². The van der Waals surface area contributed by atoms with Gasteiger partial charge in [0.15, 0.2) is 0 Å². The minimum Gasteiger partial charge on any atom is -0.497 e. The Kier molecular flexibility index (Phi) is 6.65. The van der Waals surface area contributed by atoms with Crippen molar-refractivity contribution in [2.24, 2.45) is 5.10 Å². The summed E-state index contributed by atoms with van der Waals surface area (Å²) in [6, 6.07) is 17.4. The van der Waals surface area contributed by atoms with Crippen molar-refractivity contribution in [1.29, 1.82) is 0 Å². The highest BCUT2D eigenvalue weighted by atomic mass is 16.5. The van der Waals surface area contributed by atoms with Crippen LogP contribution in [0.2, 0.25) is 0 Å². The predicted octanol–water partition coefficient (Wildman–Crippen LogP) is 3.68. The maximum atomic E-state index is 12.9. The number of nitrogens with one attached hydrogen (secondary N) is 1. The Morgan fingerprint density at radius 1 is 1.10 bits per heavy atom. The molecule has 1 aliphatic rings. The van der Waals surface area contributed by atoms with Gasteiger partial charge in [-0.25, -0.2) is 5.01 Å². The molecule has 0 saturated heterocycles. The Labute approximate surface area is 171 Å². The lowest BCUT2D eigenvalue weighted by Crippen LogP contribution is -2.32. The molecule has 0 unspecified atom stereocenters. The van der Waals surface area contributed by atoms with Gasteiger partial charge in [-0.05, 0) is 37.1 Å². The van der Waals surface area contributed by atoms with Gasteiger partial charge in [0, 0.05) is 25.3 Å². The van der Waals surface area contributed by atoms with Gasteiger partial charge in [0.2, 0.25) is 11.8 Å². The molecule has 0 radical (unpaired) electrons. The number of benzene rings is 2. The SMILES string of the molecule is COc1ccc([C@@H]2CC(c3ccccc3)=NN2C(=O)CCC(=O)NC(C)C)cc1. The van der Waals surface area contributed by atoms with Crippen LogP contribution in [0.5, 0.6) is 5.75 Å². The van der Waals surface area contributed by atoms with E-state index in [1.54, 1.807) is 7.11 Å². The third kappa shape index (κ3) is 5.22. The first-order chi connectivity index (χ1) is 14.0. The molecule has 3 rings (SSSR count). The molecule has 0 aliphatic carbocycles. The second-order valence-corrected chi connectivity index (χ2v) is 7.37. The van der Waals surface area contributed by atoms with E-state index in [0.29, 0.717) is 6.42 Å². The van der Waals surface area contributed by atoms with Gasteiger partial charge in [0.1, 0.15) is 5.75 Å². The van der Waals surface area contributed by atoms with Gasteiger partial charge in [0.25, 0.3) is 0 Å². The summed E-state index contributed by atoms with van der Waals surface area (Å²) in [5.74, 6) is 0.482. The Morgan fingerprint density at radius 3 is 2.41 bits per heavy atom. The molecule has 1 atom stereocenters. The average Bonchev–Trinajstić information content (AvgIpc) is 3.18. The number of carbonyl (C=O) groups is 2. The molecule has 1 aliphatic heterocycles. The molecule has 2 aromatic carbocycles. The Balaban J connectivity index is 1.80. The Hall–Kier alpha value is -3.15. The summed E-state index contributed by atoms with van der Waals surface area (Å²) in [5, 5.41) is 8.99. The van der Waals surface area contributed by atoms with Crippen molar-refractivity contribution in [2.45, 2.75) is 45.2 Å². The second-order valence-electron chi connectivity index (χ2n) is 7.37. The van der Waals surface area contributed by atoms with Crippen LogP contribution >= 0.6 is 0 Å². The quantitative estimate of drug-likeness (QED) is 0.780. The smallest absolute Gasteiger partial charge is 0.243 e. The molecule has 152 valence electrons. The van der Waals surface area contributed by atoms with Gasteiger partial charge in [0.05, 0.1) is 18.9 Å². The van der Waals surface area contributed by atoms with Crippen molar-refractivity contribution in [2.75, 3.05) is 7.11 Å². The van der Waals surface area contributed by atoms with Crippen molar-refractivity contribution in [3.8, 4) is 5.75 Å². The summed E-state index contributed by atoms with van der Waals surface area (Å²) < 4.78 is 5.24. The van der Waals surface area contributed by atoms with Crippen LogP contribution in [-0.2, 0) is 9.59 Å². The number of hydrogen-bond donors (Lipinski definition) is 1. The fraction of sp³-hybridized carbons (Fsp3) is 0.348. The van der Waals surface area contributed by atoms with Crippen molar-refractivity contribution in [3.63, 3.8) is 0 Å². The van der Waals surface area contributed by atoms with E-state index in [1.807, 2.05) is 68.4 Å². The summed E-state index contributed by atoms with van der Waals surface area (Å²) >= 11 is 0. The predicted molar refractivity (Wildman–Crippen MR) is 113 cm³/mol. The Morgan fingerprint density at radius 2 is 1.79 bits per heavy atom. The molecule has 1 heterocycles. The molecular formula is C23H27N3O3. The molecule has 0 spiro atoms. The molecule has 0 saturated carbocycles. The normalized spacial score (nSPS) is 15.9. The first kappa shape index (κ1) is 20.6. The topological polar surface area (TPSA) is 71.0 Å². The van der Waals surface area contributed by atoms with E-state index in [2.05, 4.69) is 10.4 Å². The standard InChI is InChI=1S/C23H27N3O3/c1-16(2)24-22(27)13-14-23(28)26-21(18-9-11-19(29-3)12-10-18)15-20(25-26)17-7-5-4-6-8-17/h4-12,16,21H,13-15H2,1-3H3,(H,24,27)/t21-/m0/s1. The zero-order valence-corrected chi connectivity index (χ0v) is 17.1. The lowest BCUT2D eigenvalue weighted by molar-refractivity contribution is -0.135. The highest BCUT2D eigenvalue weighted by Gasteiger charge is 2.33. The lowest BCUT2D eigenvalue weighted by Gasteiger charge is -2.22. The van der Waals surface area contributed by atoms with Gasteiger partial charge in [-0.2, -0.15) is 5.10 Å². The zero-order valence-electron chi connectivity index (χ0n) is 17.1. The number of carbonyl (C=O) groups excluding carboxylic acids is 2. The van der Waals surface area contributed by atoms with Crippen LogP contribution in [0.1, 0.15) is 50.3 Å². The number of hydrazone groups is 1. The summed E-state index contributed by atoms with van der Waals surface area (Å²) in [6.07, 6.45) is 0.899. The number of ether oxygens (including phenoxy) is 1. The van der Waals surface area contributed by atoms with Gasteiger partial charge < -0.3 is 10.1 Å². The number of nitrogens with zero attached hydrogens (tertiary/aromatic N) is 2. The Bertz CT molecular complexity index is 876. The summed E-state index contributed by atoms with van der Waals surface area (Å²) in [4.78, 5) is 24.9. The first-order valence-corrected chi connectivity index (χ1v) is 9.86. The maximum absolute atomic E-state index is 12.9. The molecule has 0 fully saturated rings. The second kappa shape index (κ2) is 9.37. The molecule has 29 heavy (non-hydrogen) atoms. The minimum absolute atomic E-state index is 0.0548. The third-order valence-corrected chi connectivity index (χ3v) is 4.79. The van der Waals surface area contributed by atoms with E-state index < -0.39 is 0 Å². The van der Waals surface area contributed by atoms with Gasteiger partial charge in [-0.15, -0.1) is 0 Å². The molecule has 0 aromatic heterocycles. The van der Waals surface area contributed by atoms with E-state index >= 15 is 0 Å². The van der Waals surface area contributed by atoms with Crippen LogP contribution in [0.25, 0.3) is 0 Å². The van der Waals surface area contributed by atoms with Crippen LogP contribution in [0.15, 0.2) is 59.7 Å². The number of hydrogen-bond acceptors (Lipinski definition) is 4. The van der Waals surface area contributed by atoms with Crippen molar-refractivity contribution in [3.05, 3.63) is 65.7 Å². The van der Waals surface area contributed by atoms with Crippen LogP contribution in [-0.4, -0.2) is 35.7 Å². The number of amides is 2. The number of rotatable bonds is 7. The van der Waals surface area contributed by atoms with Gasteiger partial charge in [-0.1, -0.05) is 42.5 Å². The van der Waals surface area contributed by atoms with Gasteiger partial charge in [-0.3, -0.25) is 9.59 Å². The molecular weight excluding hydrogens is 366 g/mol. The van der Waals surface area contributed by atoms with Crippen molar-refractivity contribution >= 4 is 17.5 Å². The van der Waals surface area contributed by atoms with E-state index in [0.717, 1.165) is 22.6 Å². The molecule has 1 N–H and O–H groups in total. The van der Waals surface area contributed by atoms with Crippen molar-refractivity contribution in [1.82, 2.24) is 10.3 Å². The minimum atomic E-state index is -0.197. The van der Waals surface area contributed by atoms with Crippen LogP contribution < -0.4 is 10.1 Å². The fourth-order valence-corrected chi connectivity index (χ4v) is 3.36. The maximum Gasteiger partial charge on any atom is 0.243 e. The average molecular weight is 393 g/mol. The third-order valence-electron chi connectivity index (χ3n) is 4.79. The molecule has 0 bridgehead atoms. The van der Waals surface area contributed by atoms with Gasteiger partial charge >= 0.3 is 0 Å². The largest absolute Gasteiger partial charge is 0.497 e. The molecule has 6 heteroatoms.